The molecule has 1 heterocycles. The lowest BCUT2D eigenvalue weighted by molar-refractivity contribution is -0.136. The van der Waals surface area contributed by atoms with Gasteiger partial charge in [0.2, 0.25) is 0 Å². The fourth-order valence-electron chi connectivity index (χ4n) is 2.49. The van der Waals surface area contributed by atoms with E-state index in [1.54, 1.807) is 25.1 Å². The van der Waals surface area contributed by atoms with Gasteiger partial charge in [0.15, 0.2) is 0 Å². The first-order valence-electron chi connectivity index (χ1n) is 7.87. The van der Waals surface area contributed by atoms with Gasteiger partial charge in [-0.25, -0.2) is 13.6 Å². The molecule has 9 heteroatoms. The van der Waals surface area contributed by atoms with Gasteiger partial charge in [0.05, 0.1) is 31.5 Å². The predicted octanol–water partition coefficient (Wildman–Crippen LogP) is 1.31. The number of hydrogen-bond acceptors (Lipinski definition) is 6. The molecule has 1 aliphatic rings. The van der Waals surface area contributed by atoms with Crippen molar-refractivity contribution in [1.29, 1.82) is 0 Å². The molecule has 2 rings (SSSR count). The second-order valence-electron chi connectivity index (χ2n) is 5.62. The quantitative estimate of drug-likeness (QED) is 0.671. The number of methoxy groups -OCH3 is 1. The monoisotopic (exact) mass is 370 g/mol. The molecule has 0 atom stereocenters. The Labute approximate surface area is 149 Å². The van der Waals surface area contributed by atoms with Crippen LogP contribution in [0.2, 0.25) is 0 Å². The van der Waals surface area contributed by atoms with Crippen LogP contribution in [0.5, 0.6) is 5.75 Å². The summed E-state index contributed by atoms with van der Waals surface area (Å²) in [4.78, 5) is 25.8. The smallest absolute Gasteiger partial charge is 0.337 e. The van der Waals surface area contributed by atoms with E-state index < -0.39 is 24.9 Å². The van der Waals surface area contributed by atoms with Crippen LogP contribution in [-0.2, 0) is 14.3 Å². The Kier molecular flexibility index (Phi) is 6.51. The number of benzene rings is 1. The van der Waals surface area contributed by atoms with Crippen LogP contribution in [0.4, 0.5) is 14.5 Å². The van der Waals surface area contributed by atoms with E-state index in [4.69, 9.17) is 14.6 Å². The lowest BCUT2D eigenvalue weighted by Crippen LogP contribution is -2.31. The van der Waals surface area contributed by atoms with E-state index in [-0.39, 0.29) is 42.4 Å². The van der Waals surface area contributed by atoms with E-state index in [0.29, 0.717) is 0 Å². The van der Waals surface area contributed by atoms with Crippen molar-refractivity contribution in [1.82, 2.24) is 4.90 Å². The Balaban J connectivity index is 2.34. The maximum atomic E-state index is 12.5. The lowest BCUT2D eigenvalue weighted by atomic mass is 10.2. The largest absolute Gasteiger partial charge is 0.485 e. The molecule has 0 aliphatic carbocycles. The number of halogens is 2. The predicted molar refractivity (Wildman–Crippen MR) is 89.0 cm³/mol. The summed E-state index contributed by atoms with van der Waals surface area (Å²) < 4.78 is 34.7. The molecule has 26 heavy (non-hydrogen) atoms. The van der Waals surface area contributed by atoms with Crippen molar-refractivity contribution in [2.75, 3.05) is 38.7 Å². The standard InChI is InChI=1S/C17H20F2N2O5/c1-10-3-4-12(13(7-10)26-9-14(18)19)20-15-11(17(24)25-2)8-21(5-6-22)16(15)23/h3-4,7,14,20,22H,5-6,8-9H2,1-2H3. The Morgan fingerprint density at radius 3 is 2.77 bits per heavy atom. The highest BCUT2D eigenvalue weighted by Gasteiger charge is 2.34. The van der Waals surface area contributed by atoms with Gasteiger partial charge in [-0.2, -0.15) is 0 Å². The molecule has 1 amide bonds. The van der Waals surface area contributed by atoms with Crippen LogP contribution < -0.4 is 10.1 Å². The van der Waals surface area contributed by atoms with Crippen molar-refractivity contribution >= 4 is 17.6 Å². The van der Waals surface area contributed by atoms with Crippen LogP contribution in [-0.4, -0.2) is 61.7 Å². The van der Waals surface area contributed by atoms with Crippen molar-refractivity contribution in [3.63, 3.8) is 0 Å². The fourth-order valence-corrected chi connectivity index (χ4v) is 2.49. The van der Waals surface area contributed by atoms with Gasteiger partial charge < -0.3 is 24.8 Å². The molecule has 0 unspecified atom stereocenters. The Bertz CT molecular complexity index is 721. The molecule has 0 saturated carbocycles. The lowest BCUT2D eigenvalue weighted by Gasteiger charge is -2.16. The van der Waals surface area contributed by atoms with Crippen LogP contribution >= 0.6 is 0 Å². The second kappa shape index (κ2) is 8.61. The molecular formula is C17H20F2N2O5. The third-order valence-electron chi connectivity index (χ3n) is 3.72. The van der Waals surface area contributed by atoms with Crippen LogP contribution in [0, 0.1) is 6.92 Å². The van der Waals surface area contributed by atoms with Gasteiger partial charge >= 0.3 is 5.97 Å². The van der Waals surface area contributed by atoms with Crippen molar-refractivity contribution in [2.24, 2.45) is 0 Å². The zero-order valence-electron chi connectivity index (χ0n) is 14.4. The van der Waals surface area contributed by atoms with E-state index in [2.05, 4.69) is 5.32 Å². The zero-order valence-corrected chi connectivity index (χ0v) is 14.4. The minimum Gasteiger partial charge on any atom is -0.485 e. The van der Waals surface area contributed by atoms with Gasteiger partial charge in [0, 0.05) is 6.54 Å². The summed E-state index contributed by atoms with van der Waals surface area (Å²) in [6, 6.07) is 4.83. The molecule has 0 fully saturated rings. The summed E-state index contributed by atoms with van der Waals surface area (Å²) in [7, 11) is 1.19. The van der Waals surface area contributed by atoms with Gasteiger partial charge in [0.1, 0.15) is 18.1 Å². The van der Waals surface area contributed by atoms with Gasteiger partial charge in [0.25, 0.3) is 12.3 Å². The number of amides is 1. The third kappa shape index (κ3) is 4.48. The summed E-state index contributed by atoms with van der Waals surface area (Å²) in [5, 5.41) is 11.9. The van der Waals surface area contributed by atoms with Crippen molar-refractivity contribution in [3.05, 3.63) is 35.0 Å². The number of nitrogens with one attached hydrogen (secondary N) is 1. The normalized spacial score (nSPS) is 14.2. The van der Waals surface area contributed by atoms with Crippen molar-refractivity contribution in [3.8, 4) is 5.75 Å². The van der Waals surface area contributed by atoms with Gasteiger partial charge in [-0.1, -0.05) is 6.07 Å². The molecule has 1 aromatic carbocycles. The number of nitrogens with zero attached hydrogens (tertiary/aromatic N) is 1. The summed E-state index contributed by atoms with van der Waals surface area (Å²) in [6.45, 7) is 0.731. The average molecular weight is 370 g/mol. The van der Waals surface area contributed by atoms with E-state index in [1.165, 1.54) is 12.0 Å². The number of aryl methyl sites for hydroxylation is 1. The number of β-amino-alcohol motifs (C(OH)–C–C–N with tert-alkyl or cyclic N) is 1. The SMILES string of the molecule is COC(=O)C1=C(Nc2ccc(C)cc2OCC(F)F)C(=O)N(CCO)C1. The molecule has 0 bridgehead atoms. The van der Waals surface area contributed by atoms with E-state index in [1.807, 2.05) is 0 Å². The summed E-state index contributed by atoms with van der Waals surface area (Å²) in [5.41, 5.74) is 1.11. The highest BCUT2D eigenvalue weighted by atomic mass is 19.3. The van der Waals surface area contributed by atoms with Crippen LogP contribution in [0.25, 0.3) is 0 Å². The van der Waals surface area contributed by atoms with Crippen LogP contribution in [0.3, 0.4) is 0 Å². The first-order valence-corrected chi connectivity index (χ1v) is 7.87. The second-order valence-corrected chi connectivity index (χ2v) is 5.62. The fraction of sp³-hybridized carbons (Fsp3) is 0.412. The van der Waals surface area contributed by atoms with E-state index in [9.17, 15) is 18.4 Å². The topological polar surface area (TPSA) is 88.1 Å². The summed E-state index contributed by atoms with van der Waals surface area (Å²) >= 11 is 0. The highest BCUT2D eigenvalue weighted by molar-refractivity contribution is 6.08. The number of aliphatic hydroxyl groups is 1. The molecule has 142 valence electrons. The number of aliphatic hydroxyl groups excluding tert-OH is 1. The molecule has 1 aliphatic heterocycles. The number of alkyl halides is 2. The maximum Gasteiger partial charge on any atom is 0.337 e. The third-order valence-corrected chi connectivity index (χ3v) is 3.72. The molecule has 0 saturated heterocycles. The zero-order chi connectivity index (χ0) is 19.3. The minimum absolute atomic E-state index is 0.0204. The number of carbonyl (C=O) groups excluding carboxylic acids is 2. The minimum atomic E-state index is -2.65. The highest BCUT2D eigenvalue weighted by Crippen LogP contribution is 2.30. The van der Waals surface area contributed by atoms with E-state index >= 15 is 0 Å². The first kappa shape index (κ1) is 19.6. The average Bonchev–Trinajstić information content (AvgIpc) is 2.91. The number of rotatable bonds is 8. The Hall–Kier alpha value is -2.68. The van der Waals surface area contributed by atoms with Crippen LogP contribution in [0.1, 0.15) is 5.56 Å². The molecule has 2 N–H and O–H groups in total. The first-order chi connectivity index (χ1) is 12.4. The molecular weight excluding hydrogens is 350 g/mol. The van der Waals surface area contributed by atoms with Crippen molar-refractivity contribution < 1.29 is 33.0 Å². The molecule has 0 spiro atoms. The van der Waals surface area contributed by atoms with Gasteiger partial charge in [-0.3, -0.25) is 4.79 Å². The van der Waals surface area contributed by atoms with E-state index in [0.717, 1.165) is 5.56 Å². The summed E-state index contributed by atoms with van der Waals surface area (Å²) in [6.07, 6.45) is -2.65. The van der Waals surface area contributed by atoms with Crippen molar-refractivity contribution in [2.45, 2.75) is 13.3 Å². The Morgan fingerprint density at radius 2 is 2.15 bits per heavy atom. The van der Waals surface area contributed by atoms with Gasteiger partial charge in [-0.05, 0) is 24.6 Å². The number of anilines is 1. The maximum absolute atomic E-state index is 12.5. The molecule has 7 nitrogen and oxygen atoms in total. The summed E-state index contributed by atoms with van der Waals surface area (Å²) in [5.74, 6) is -1.06. The molecule has 0 radical (unpaired) electrons. The molecule has 1 aromatic rings. The van der Waals surface area contributed by atoms with Crippen LogP contribution in [0.15, 0.2) is 29.5 Å². The van der Waals surface area contributed by atoms with Gasteiger partial charge in [-0.15, -0.1) is 0 Å². The number of hydrogen-bond donors (Lipinski definition) is 2. The number of ether oxygens (including phenoxy) is 2. The number of esters is 1. The number of carbonyl (C=O) groups is 2. The molecule has 0 aromatic heterocycles. The Morgan fingerprint density at radius 1 is 1.42 bits per heavy atom.